The van der Waals surface area contributed by atoms with E-state index in [2.05, 4.69) is 20.6 Å². The zero-order chi connectivity index (χ0) is 20.8. The SMILES string of the molecule is Cc1cc(Nc2ccccc2OC(C)C)nc(Nc2ccc(OC(C)C)cc2)n1. The second kappa shape index (κ2) is 9.28. The van der Waals surface area contributed by atoms with Gasteiger partial charge in [0.15, 0.2) is 0 Å². The third-order valence-electron chi connectivity index (χ3n) is 3.85. The first-order valence-electron chi connectivity index (χ1n) is 9.81. The van der Waals surface area contributed by atoms with Gasteiger partial charge in [0.25, 0.3) is 0 Å². The minimum atomic E-state index is 0.0879. The van der Waals surface area contributed by atoms with Gasteiger partial charge in [-0.15, -0.1) is 0 Å². The first-order chi connectivity index (χ1) is 13.9. The van der Waals surface area contributed by atoms with Crippen molar-refractivity contribution in [3.8, 4) is 11.5 Å². The lowest BCUT2D eigenvalue weighted by Crippen LogP contribution is -2.08. The maximum Gasteiger partial charge on any atom is 0.229 e. The molecule has 0 saturated heterocycles. The number of aromatic nitrogens is 2. The molecule has 0 saturated carbocycles. The summed E-state index contributed by atoms with van der Waals surface area (Å²) in [6, 6.07) is 17.5. The van der Waals surface area contributed by atoms with Crippen LogP contribution in [0.4, 0.5) is 23.1 Å². The first kappa shape index (κ1) is 20.5. The van der Waals surface area contributed by atoms with Gasteiger partial charge in [-0.25, -0.2) is 4.98 Å². The van der Waals surface area contributed by atoms with E-state index >= 15 is 0 Å². The summed E-state index contributed by atoms with van der Waals surface area (Å²) in [5.41, 5.74) is 2.61. The van der Waals surface area contributed by atoms with Crippen LogP contribution in [0.2, 0.25) is 0 Å². The standard InChI is InChI=1S/C23H28N4O2/c1-15(2)28-19-12-10-18(11-13-19)25-23-24-17(5)14-22(27-23)26-20-8-6-7-9-21(20)29-16(3)4/h6-16H,1-5H3,(H2,24,25,26,27). The predicted molar refractivity (Wildman–Crippen MR) is 118 cm³/mol. The molecule has 6 heteroatoms. The maximum absolute atomic E-state index is 5.88. The van der Waals surface area contributed by atoms with Crippen molar-refractivity contribution in [1.29, 1.82) is 0 Å². The van der Waals surface area contributed by atoms with Crippen LogP contribution in [-0.4, -0.2) is 22.2 Å². The van der Waals surface area contributed by atoms with Crippen molar-refractivity contribution in [1.82, 2.24) is 9.97 Å². The maximum atomic E-state index is 5.88. The minimum Gasteiger partial charge on any atom is -0.491 e. The zero-order valence-corrected chi connectivity index (χ0v) is 17.6. The molecule has 0 unspecified atom stereocenters. The Morgan fingerprint density at radius 1 is 0.793 bits per heavy atom. The zero-order valence-electron chi connectivity index (χ0n) is 17.6. The van der Waals surface area contributed by atoms with Crippen LogP contribution in [0.5, 0.6) is 11.5 Å². The van der Waals surface area contributed by atoms with E-state index in [0.717, 1.165) is 28.6 Å². The quantitative estimate of drug-likeness (QED) is 0.501. The van der Waals surface area contributed by atoms with Gasteiger partial charge < -0.3 is 20.1 Å². The molecule has 0 aliphatic carbocycles. The average molecular weight is 393 g/mol. The van der Waals surface area contributed by atoms with Crippen LogP contribution >= 0.6 is 0 Å². The van der Waals surface area contributed by atoms with Crippen LogP contribution < -0.4 is 20.1 Å². The lowest BCUT2D eigenvalue weighted by Gasteiger charge is -2.16. The lowest BCUT2D eigenvalue weighted by atomic mass is 10.3. The van der Waals surface area contributed by atoms with Crippen molar-refractivity contribution >= 4 is 23.1 Å². The average Bonchev–Trinajstić information content (AvgIpc) is 2.64. The third kappa shape index (κ3) is 6.10. The molecule has 6 nitrogen and oxygen atoms in total. The summed E-state index contributed by atoms with van der Waals surface area (Å²) in [5.74, 6) is 2.83. The summed E-state index contributed by atoms with van der Waals surface area (Å²) >= 11 is 0. The fourth-order valence-corrected chi connectivity index (χ4v) is 2.77. The van der Waals surface area contributed by atoms with E-state index in [9.17, 15) is 0 Å². The van der Waals surface area contributed by atoms with E-state index in [0.29, 0.717) is 11.8 Å². The van der Waals surface area contributed by atoms with E-state index in [-0.39, 0.29) is 12.2 Å². The van der Waals surface area contributed by atoms with E-state index in [4.69, 9.17) is 9.47 Å². The molecule has 152 valence electrons. The third-order valence-corrected chi connectivity index (χ3v) is 3.85. The molecule has 0 bridgehead atoms. The fourth-order valence-electron chi connectivity index (χ4n) is 2.77. The van der Waals surface area contributed by atoms with Crippen molar-refractivity contribution in [2.75, 3.05) is 10.6 Å². The van der Waals surface area contributed by atoms with Gasteiger partial charge in [0, 0.05) is 17.4 Å². The summed E-state index contributed by atoms with van der Waals surface area (Å²) in [4.78, 5) is 9.08. The van der Waals surface area contributed by atoms with Crippen LogP contribution in [0.25, 0.3) is 0 Å². The number of anilines is 4. The van der Waals surface area contributed by atoms with Crippen LogP contribution in [0.15, 0.2) is 54.6 Å². The monoisotopic (exact) mass is 392 g/mol. The van der Waals surface area contributed by atoms with Gasteiger partial charge in [-0.2, -0.15) is 4.98 Å². The van der Waals surface area contributed by atoms with E-state index in [1.54, 1.807) is 0 Å². The molecule has 0 aliphatic rings. The Balaban J connectivity index is 1.77. The van der Waals surface area contributed by atoms with Crippen LogP contribution in [-0.2, 0) is 0 Å². The molecule has 29 heavy (non-hydrogen) atoms. The van der Waals surface area contributed by atoms with Crippen LogP contribution in [0, 0.1) is 6.92 Å². The summed E-state index contributed by atoms with van der Waals surface area (Å²) in [6.45, 7) is 9.96. The molecule has 3 rings (SSSR count). The summed E-state index contributed by atoms with van der Waals surface area (Å²) in [5, 5.41) is 6.59. The minimum absolute atomic E-state index is 0.0879. The Kier molecular flexibility index (Phi) is 6.54. The highest BCUT2D eigenvalue weighted by molar-refractivity contribution is 5.65. The largest absolute Gasteiger partial charge is 0.491 e. The van der Waals surface area contributed by atoms with Gasteiger partial charge in [0.05, 0.1) is 17.9 Å². The second-order valence-corrected chi connectivity index (χ2v) is 7.32. The molecule has 1 aromatic heterocycles. The van der Waals surface area contributed by atoms with E-state index < -0.39 is 0 Å². The molecule has 0 fully saturated rings. The number of hydrogen-bond donors (Lipinski definition) is 2. The van der Waals surface area contributed by atoms with Gasteiger partial charge in [-0.3, -0.25) is 0 Å². The number of nitrogens with one attached hydrogen (secondary N) is 2. The number of benzene rings is 2. The molecule has 2 aromatic carbocycles. The van der Waals surface area contributed by atoms with Crippen molar-refractivity contribution in [2.24, 2.45) is 0 Å². The van der Waals surface area contributed by atoms with Crippen molar-refractivity contribution in [3.63, 3.8) is 0 Å². The van der Waals surface area contributed by atoms with Crippen LogP contribution in [0.1, 0.15) is 33.4 Å². The van der Waals surface area contributed by atoms with Gasteiger partial charge in [0.2, 0.25) is 5.95 Å². The highest BCUT2D eigenvalue weighted by Crippen LogP contribution is 2.28. The highest BCUT2D eigenvalue weighted by Gasteiger charge is 2.08. The second-order valence-electron chi connectivity index (χ2n) is 7.32. The number of aryl methyl sites for hydroxylation is 1. The van der Waals surface area contributed by atoms with Crippen molar-refractivity contribution < 1.29 is 9.47 Å². The van der Waals surface area contributed by atoms with Gasteiger partial charge in [-0.05, 0) is 71.0 Å². The Hall–Kier alpha value is -3.28. The van der Waals surface area contributed by atoms with Gasteiger partial charge in [0.1, 0.15) is 17.3 Å². The molecule has 2 N–H and O–H groups in total. The lowest BCUT2D eigenvalue weighted by molar-refractivity contribution is 0.242. The van der Waals surface area contributed by atoms with E-state index in [1.165, 1.54) is 0 Å². The molecule has 0 atom stereocenters. The van der Waals surface area contributed by atoms with Gasteiger partial charge >= 0.3 is 0 Å². The fraction of sp³-hybridized carbons (Fsp3) is 0.304. The summed E-state index contributed by atoms with van der Waals surface area (Å²) in [6.07, 6.45) is 0.232. The van der Waals surface area contributed by atoms with E-state index in [1.807, 2.05) is 89.2 Å². The molecule has 0 amide bonds. The number of rotatable bonds is 8. The molecule has 0 spiro atoms. The Bertz CT molecular complexity index is 940. The first-order valence-corrected chi connectivity index (χ1v) is 9.81. The molecule has 0 radical (unpaired) electrons. The number of nitrogens with zero attached hydrogens (tertiary/aromatic N) is 2. The van der Waals surface area contributed by atoms with Crippen molar-refractivity contribution in [3.05, 3.63) is 60.3 Å². The number of hydrogen-bond acceptors (Lipinski definition) is 6. The number of para-hydroxylation sites is 2. The smallest absolute Gasteiger partial charge is 0.229 e. The molecule has 1 heterocycles. The Morgan fingerprint density at radius 2 is 1.48 bits per heavy atom. The topological polar surface area (TPSA) is 68.3 Å². The summed E-state index contributed by atoms with van der Waals surface area (Å²) in [7, 11) is 0. The molecular weight excluding hydrogens is 364 g/mol. The molecular formula is C23H28N4O2. The molecule has 0 aliphatic heterocycles. The van der Waals surface area contributed by atoms with Gasteiger partial charge in [-0.1, -0.05) is 12.1 Å². The van der Waals surface area contributed by atoms with Crippen molar-refractivity contribution in [2.45, 2.75) is 46.8 Å². The highest BCUT2D eigenvalue weighted by atomic mass is 16.5. The number of ether oxygens (including phenoxy) is 2. The summed E-state index contributed by atoms with van der Waals surface area (Å²) < 4.78 is 11.6. The Labute approximate surface area is 172 Å². The molecule has 3 aromatic rings. The van der Waals surface area contributed by atoms with Crippen LogP contribution in [0.3, 0.4) is 0 Å². The Morgan fingerprint density at radius 3 is 2.17 bits per heavy atom. The normalized spacial score (nSPS) is 10.9. The predicted octanol–water partition coefficient (Wildman–Crippen LogP) is 5.85.